The van der Waals surface area contributed by atoms with Crippen molar-refractivity contribution >= 4 is 0 Å². The first-order valence-corrected chi connectivity index (χ1v) is 5.52. The Labute approximate surface area is 88.1 Å². The molecule has 0 bridgehead atoms. The lowest BCUT2D eigenvalue weighted by Gasteiger charge is -2.33. The molecule has 1 atom stereocenters. The number of hydrogen-bond donors (Lipinski definition) is 1. The monoisotopic (exact) mass is 203 g/mol. The third kappa shape index (κ3) is 4.40. The highest BCUT2D eigenvalue weighted by Gasteiger charge is 2.29. The van der Waals surface area contributed by atoms with Crippen LogP contribution in [-0.4, -0.2) is 48.0 Å². The average molecular weight is 203 g/mol. The summed E-state index contributed by atoms with van der Waals surface area (Å²) in [5.41, 5.74) is -0.447. The minimum absolute atomic E-state index is 0.428. The van der Waals surface area contributed by atoms with Crippen LogP contribution in [0.5, 0.6) is 0 Å². The fourth-order valence-electron chi connectivity index (χ4n) is 1.41. The summed E-state index contributed by atoms with van der Waals surface area (Å²) in [5.74, 6) is 0. The van der Waals surface area contributed by atoms with E-state index >= 15 is 0 Å². The molecule has 0 rings (SSSR count). The fourth-order valence-corrected chi connectivity index (χ4v) is 1.41. The molecule has 0 aromatic rings. The van der Waals surface area contributed by atoms with Crippen LogP contribution in [0, 0.1) is 0 Å². The number of rotatable bonds is 7. The summed E-state index contributed by atoms with van der Waals surface area (Å²) in [6, 6.07) is 0. The number of likely N-dealkylation sites (N-methyl/N-ethyl adjacent to an activating group) is 1. The zero-order valence-electron chi connectivity index (χ0n) is 10.2. The van der Waals surface area contributed by atoms with Gasteiger partial charge in [-0.05, 0) is 33.9 Å². The van der Waals surface area contributed by atoms with Crippen molar-refractivity contribution in [1.29, 1.82) is 0 Å². The molecule has 1 N–H and O–H groups in total. The van der Waals surface area contributed by atoms with Crippen LogP contribution in [0.4, 0.5) is 0 Å². The third-order valence-electron chi connectivity index (χ3n) is 2.64. The molecule has 0 aliphatic heterocycles. The molecule has 0 aliphatic rings. The van der Waals surface area contributed by atoms with Crippen LogP contribution in [0.1, 0.15) is 34.6 Å². The minimum atomic E-state index is -0.447. The van der Waals surface area contributed by atoms with Gasteiger partial charge in [0, 0.05) is 13.2 Å². The van der Waals surface area contributed by atoms with Gasteiger partial charge in [-0.3, -0.25) is 0 Å². The van der Waals surface area contributed by atoms with Gasteiger partial charge in [-0.1, -0.05) is 13.8 Å². The highest BCUT2D eigenvalue weighted by atomic mass is 16.5. The predicted molar refractivity (Wildman–Crippen MR) is 59.5 cm³/mol. The molecular weight excluding hydrogens is 178 g/mol. The Morgan fingerprint density at radius 1 is 1.21 bits per heavy atom. The molecule has 0 saturated carbocycles. The van der Waals surface area contributed by atoms with Crippen molar-refractivity contribution < 1.29 is 9.84 Å². The van der Waals surface area contributed by atoms with E-state index in [0.717, 1.165) is 13.1 Å². The largest absolute Gasteiger partial charge is 0.389 e. The average Bonchev–Trinajstić information content (AvgIpc) is 2.13. The first-order chi connectivity index (χ1) is 6.47. The van der Waals surface area contributed by atoms with Gasteiger partial charge in [-0.2, -0.15) is 0 Å². The zero-order chi connectivity index (χ0) is 11.2. The van der Waals surface area contributed by atoms with Crippen LogP contribution in [0.15, 0.2) is 0 Å². The van der Waals surface area contributed by atoms with Gasteiger partial charge in [0.05, 0.1) is 11.7 Å². The van der Waals surface area contributed by atoms with Gasteiger partial charge >= 0.3 is 0 Å². The molecule has 3 nitrogen and oxygen atoms in total. The van der Waals surface area contributed by atoms with E-state index in [2.05, 4.69) is 18.7 Å². The summed E-state index contributed by atoms with van der Waals surface area (Å²) in [6.07, 6.45) is -0.428. The quantitative estimate of drug-likeness (QED) is 0.680. The normalized spacial score (nSPS) is 14.8. The summed E-state index contributed by atoms with van der Waals surface area (Å²) >= 11 is 0. The Kier molecular flexibility index (Phi) is 6.33. The molecule has 0 aromatic carbocycles. The van der Waals surface area contributed by atoms with Gasteiger partial charge in [-0.25, -0.2) is 0 Å². The van der Waals surface area contributed by atoms with Crippen LogP contribution >= 0.6 is 0 Å². The molecule has 0 spiro atoms. The Balaban J connectivity index is 4.09. The van der Waals surface area contributed by atoms with E-state index in [0.29, 0.717) is 13.2 Å². The molecule has 0 saturated heterocycles. The zero-order valence-corrected chi connectivity index (χ0v) is 10.2. The standard InChI is InChI=1S/C11H25NO2/c1-6-12(7-2)9-10(13)11(4,5)14-8-3/h10,13H,6-9H2,1-5H3. The van der Waals surface area contributed by atoms with E-state index in [4.69, 9.17) is 4.74 Å². The van der Waals surface area contributed by atoms with Gasteiger partial charge in [-0.15, -0.1) is 0 Å². The first-order valence-electron chi connectivity index (χ1n) is 5.52. The predicted octanol–water partition coefficient (Wildman–Crippen LogP) is 1.50. The number of ether oxygens (including phenoxy) is 1. The highest BCUT2D eigenvalue weighted by Crippen LogP contribution is 2.15. The van der Waals surface area contributed by atoms with Crippen LogP contribution in [0.3, 0.4) is 0 Å². The van der Waals surface area contributed by atoms with Crippen molar-refractivity contribution in [1.82, 2.24) is 4.90 Å². The Morgan fingerprint density at radius 3 is 2.07 bits per heavy atom. The fraction of sp³-hybridized carbons (Fsp3) is 1.00. The molecule has 0 amide bonds. The van der Waals surface area contributed by atoms with E-state index in [1.807, 2.05) is 20.8 Å². The Morgan fingerprint density at radius 2 is 1.71 bits per heavy atom. The lowest BCUT2D eigenvalue weighted by molar-refractivity contribution is -0.104. The first kappa shape index (κ1) is 13.9. The maximum atomic E-state index is 9.97. The lowest BCUT2D eigenvalue weighted by Crippen LogP contribution is -2.46. The second kappa shape index (κ2) is 6.38. The molecule has 0 fully saturated rings. The summed E-state index contributed by atoms with van der Waals surface area (Å²) in [7, 11) is 0. The van der Waals surface area contributed by atoms with Crippen LogP contribution in [0.25, 0.3) is 0 Å². The summed E-state index contributed by atoms with van der Waals surface area (Å²) in [5, 5.41) is 9.97. The topological polar surface area (TPSA) is 32.7 Å². The molecule has 14 heavy (non-hydrogen) atoms. The molecular formula is C11H25NO2. The van der Waals surface area contributed by atoms with Crippen molar-refractivity contribution in [3.8, 4) is 0 Å². The summed E-state index contributed by atoms with van der Waals surface area (Å²) in [4.78, 5) is 2.20. The molecule has 1 unspecified atom stereocenters. The Hall–Kier alpha value is -0.120. The van der Waals surface area contributed by atoms with E-state index in [1.54, 1.807) is 0 Å². The SMILES string of the molecule is CCOC(C)(C)C(O)CN(CC)CC. The lowest BCUT2D eigenvalue weighted by atomic mass is 10.0. The third-order valence-corrected chi connectivity index (χ3v) is 2.64. The maximum Gasteiger partial charge on any atom is 0.0950 e. The van der Waals surface area contributed by atoms with Crippen molar-refractivity contribution in [2.45, 2.75) is 46.3 Å². The van der Waals surface area contributed by atoms with Crippen molar-refractivity contribution in [3.63, 3.8) is 0 Å². The van der Waals surface area contributed by atoms with E-state index < -0.39 is 11.7 Å². The summed E-state index contributed by atoms with van der Waals surface area (Å²) < 4.78 is 5.50. The van der Waals surface area contributed by atoms with Crippen LogP contribution in [-0.2, 0) is 4.74 Å². The Bertz CT molecular complexity index is 144. The molecule has 0 heterocycles. The van der Waals surface area contributed by atoms with E-state index in [9.17, 15) is 5.11 Å². The van der Waals surface area contributed by atoms with Gasteiger partial charge in [0.2, 0.25) is 0 Å². The number of nitrogens with zero attached hydrogens (tertiary/aromatic N) is 1. The number of aliphatic hydroxyl groups excluding tert-OH is 1. The molecule has 0 aliphatic carbocycles. The van der Waals surface area contributed by atoms with Crippen LogP contribution in [0.2, 0.25) is 0 Å². The van der Waals surface area contributed by atoms with Gasteiger partial charge in [0.15, 0.2) is 0 Å². The maximum absolute atomic E-state index is 9.97. The molecule has 86 valence electrons. The molecule has 0 radical (unpaired) electrons. The number of hydrogen-bond acceptors (Lipinski definition) is 3. The molecule has 3 heteroatoms. The number of aliphatic hydroxyl groups is 1. The second-order valence-corrected chi connectivity index (χ2v) is 4.04. The second-order valence-electron chi connectivity index (χ2n) is 4.04. The molecule has 0 aromatic heterocycles. The van der Waals surface area contributed by atoms with Gasteiger partial charge in [0.25, 0.3) is 0 Å². The van der Waals surface area contributed by atoms with Gasteiger partial charge in [0.1, 0.15) is 0 Å². The van der Waals surface area contributed by atoms with Gasteiger partial charge < -0.3 is 14.7 Å². The van der Waals surface area contributed by atoms with Crippen molar-refractivity contribution in [3.05, 3.63) is 0 Å². The van der Waals surface area contributed by atoms with Crippen molar-refractivity contribution in [2.75, 3.05) is 26.2 Å². The van der Waals surface area contributed by atoms with E-state index in [-0.39, 0.29) is 0 Å². The highest BCUT2D eigenvalue weighted by molar-refractivity contribution is 4.81. The smallest absolute Gasteiger partial charge is 0.0950 e. The van der Waals surface area contributed by atoms with Crippen molar-refractivity contribution in [2.24, 2.45) is 0 Å². The minimum Gasteiger partial charge on any atom is -0.389 e. The summed E-state index contributed by atoms with van der Waals surface area (Å²) in [6.45, 7) is 13.3. The van der Waals surface area contributed by atoms with E-state index in [1.165, 1.54) is 0 Å². The van der Waals surface area contributed by atoms with Crippen LogP contribution < -0.4 is 0 Å².